The van der Waals surface area contributed by atoms with E-state index in [0.29, 0.717) is 0 Å². The van der Waals surface area contributed by atoms with Gasteiger partial charge in [0.25, 0.3) is 0 Å². The highest BCUT2D eigenvalue weighted by molar-refractivity contribution is 6.62. The normalized spacial score (nSPS) is 18.7. The molecule has 6 rings (SSSR count). The molecule has 4 aromatic rings. The maximum absolute atomic E-state index is 6.26. The zero-order valence-electron chi connectivity index (χ0n) is 22.1. The molecule has 180 valence electrons. The molecular weight excluding hydrogens is 439 g/mol. The number of benzene rings is 4. The van der Waals surface area contributed by atoms with Crippen LogP contribution in [0.25, 0.3) is 33.4 Å². The summed E-state index contributed by atoms with van der Waals surface area (Å²) >= 11 is 0. The summed E-state index contributed by atoms with van der Waals surface area (Å²) in [5.74, 6) is 0. The quantitative estimate of drug-likeness (QED) is 0.286. The van der Waals surface area contributed by atoms with Crippen molar-refractivity contribution in [1.29, 1.82) is 0 Å². The van der Waals surface area contributed by atoms with Crippen LogP contribution >= 0.6 is 0 Å². The third-order valence-electron chi connectivity index (χ3n) is 8.57. The van der Waals surface area contributed by atoms with Gasteiger partial charge in [0.05, 0.1) is 11.2 Å². The van der Waals surface area contributed by atoms with Gasteiger partial charge >= 0.3 is 7.12 Å². The van der Waals surface area contributed by atoms with Gasteiger partial charge in [0, 0.05) is 5.41 Å². The van der Waals surface area contributed by atoms with Crippen LogP contribution < -0.4 is 5.46 Å². The van der Waals surface area contributed by atoms with Crippen LogP contribution in [-0.2, 0) is 14.7 Å². The Kier molecular flexibility index (Phi) is 5.13. The van der Waals surface area contributed by atoms with E-state index in [1.807, 2.05) is 0 Å². The molecule has 1 fully saturated rings. The summed E-state index contributed by atoms with van der Waals surface area (Å²) in [5, 5.41) is 0. The van der Waals surface area contributed by atoms with Gasteiger partial charge in [0.15, 0.2) is 0 Å². The molecule has 2 aliphatic rings. The number of hydrogen-bond donors (Lipinski definition) is 0. The third-order valence-corrected chi connectivity index (χ3v) is 8.57. The van der Waals surface area contributed by atoms with Crippen molar-refractivity contribution >= 4 is 12.6 Å². The van der Waals surface area contributed by atoms with Crippen molar-refractivity contribution in [3.63, 3.8) is 0 Å². The van der Waals surface area contributed by atoms with Crippen LogP contribution in [0.2, 0.25) is 0 Å². The smallest absolute Gasteiger partial charge is 0.399 e. The first-order chi connectivity index (χ1) is 17.1. The Balaban J connectivity index is 1.36. The van der Waals surface area contributed by atoms with E-state index in [-0.39, 0.29) is 23.7 Å². The Morgan fingerprint density at radius 3 is 1.64 bits per heavy atom. The SMILES string of the molecule is CC1(C)c2ccccc2-c2ccc(-c3ccccc3-c3ccc(B4OC(C)(C)C(C)(C)O4)cc3)cc21. The van der Waals surface area contributed by atoms with Gasteiger partial charge < -0.3 is 9.31 Å². The van der Waals surface area contributed by atoms with Crippen molar-refractivity contribution in [1.82, 2.24) is 0 Å². The third kappa shape index (κ3) is 3.49. The van der Waals surface area contributed by atoms with Crippen molar-refractivity contribution in [3.05, 3.63) is 102 Å². The molecule has 2 nitrogen and oxygen atoms in total. The molecule has 1 aliphatic carbocycles. The molecule has 0 atom stereocenters. The molecule has 0 bridgehead atoms. The lowest BCUT2D eigenvalue weighted by molar-refractivity contribution is 0.00578. The molecule has 0 spiro atoms. The largest absolute Gasteiger partial charge is 0.494 e. The van der Waals surface area contributed by atoms with Crippen molar-refractivity contribution in [2.24, 2.45) is 0 Å². The molecule has 1 aliphatic heterocycles. The first-order valence-electron chi connectivity index (χ1n) is 12.9. The Hall–Kier alpha value is -3.14. The molecule has 0 amide bonds. The monoisotopic (exact) mass is 472 g/mol. The molecule has 0 radical (unpaired) electrons. The van der Waals surface area contributed by atoms with Crippen LogP contribution in [0.4, 0.5) is 0 Å². The van der Waals surface area contributed by atoms with Gasteiger partial charge in [0.1, 0.15) is 0 Å². The summed E-state index contributed by atoms with van der Waals surface area (Å²) < 4.78 is 12.5. The number of rotatable bonds is 3. The van der Waals surface area contributed by atoms with Crippen LogP contribution in [0.3, 0.4) is 0 Å². The van der Waals surface area contributed by atoms with E-state index in [9.17, 15) is 0 Å². The molecule has 0 unspecified atom stereocenters. The summed E-state index contributed by atoms with van der Waals surface area (Å²) in [6.45, 7) is 13.0. The highest BCUT2D eigenvalue weighted by Crippen LogP contribution is 2.50. The summed E-state index contributed by atoms with van der Waals surface area (Å²) in [4.78, 5) is 0. The Bertz CT molecular complexity index is 1450. The topological polar surface area (TPSA) is 18.5 Å². The lowest BCUT2D eigenvalue weighted by Crippen LogP contribution is -2.41. The highest BCUT2D eigenvalue weighted by atomic mass is 16.7. The summed E-state index contributed by atoms with van der Waals surface area (Å²) in [6, 6.07) is 33.1. The van der Waals surface area contributed by atoms with Crippen molar-refractivity contribution < 1.29 is 9.31 Å². The molecule has 4 aromatic carbocycles. The zero-order chi connectivity index (χ0) is 25.3. The highest BCUT2D eigenvalue weighted by Gasteiger charge is 2.51. The van der Waals surface area contributed by atoms with Gasteiger partial charge in [0.2, 0.25) is 0 Å². The fourth-order valence-corrected chi connectivity index (χ4v) is 5.66. The maximum Gasteiger partial charge on any atom is 0.494 e. The van der Waals surface area contributed by atoms with E-state index in [2.05, 4.69) is 133 Å². The van der Waals surface area contributed by atoms with E-state index in [4.69, 9.17) is 9.31 Å². The Labute approximate surface area is 215 Å². The number of hydrogen-bond acceptors (Lipinski definition) is 2. The van der Waals surface area contributed by atoms with Crippen LogP contribution in [0, 0.1) is 0 Å². The fraction of sp³-hybridized carbons (Fsp3) is 0.273. The molecular formula is C33H33BO2. The minimum atomic E-state index is -0.347. The summed E-state index contributed by atoms with van der Waals surface area (Å²) in [5.41, 5.74) is 10.8. The van der Waals surface area contributed by atoms with E-state index < -0.39 is 0 Å². The van der Waals surface area contributed by atoms with Crippen molar-refractivity contribution in [2.75, 3.05) is 0 Å². The van der Waals surface area contributed by atoms with Gasteiger partial charge in [-0.15, -0.1) is 0 Å². The van der Waals surface area contributed by atoms with Gasteiger partial charge in [-0.05, 0) is 83.7 Å². The van der Waals surface area contributed by atoms with Crippen molar-refractivity contribution in [3.8, 4) is 33.4 Å². The second kappa shape index (κ2) is 7.93. The first kappa shape index (κ1) is 23.3. The number of fused-ring (bicyclic) bond motifs is 3. The molecule has 3 heteroatoms. The molecule has 0 N–H and O–H groups in total. The summed E-state index contributed by atoms with van der Waals surface area (Å²) in [7, 11) is -0.347. The van der Waals surface area contributed by atoms with Crippen LogP contribution in [0.5, 0.6) is 0 Å². The van der Waals surface area contributed by atoms with E-state index in [1.54, 1.807) is 0 Å². The predicted molar refractivity (Wildman–Crippen MR) is 151 cm³/mol. The second-order valence-electron chi connectivity index (χ2n) is 11.7. The lowest BCUT2D eigenvalue weighted by Gasteiger charge is -2.32. The van der Waals surface area contributed by atoms with Gasteiger partial charge in [-0.3, -0.25) is 0 Å². The molecule has 1 saturated heterocycles. The zero-order valence-corrected chi connectivity index (χ0v) is 22.1. The molecule has 1 heterocycles. The van der Waals surface area contributed by atoms with Crippen LogP contribution in [0.1, 0.15) is 52.7 Å². The standard InChI is InChI=1S/C33H33BO2/c1-31(2)29-14-10-9-13-27(29)28-20-17-23(21-30(28)31)26-12-8-7-11-25(26)22-15-18-24(19-16-22)34-35-32(3,4)33(5,6)36-34/h7-21H,1-6H3. The summed E-state index contributed by atoms with van der Waals surface area (Å²) in [6.07, 6.45) is 0. The molecule has 36 heavy (non-hydrogen) atoms. The van der Waals surface area contributed by atoms with E-state index in [0.717, 1.165) is 5.46 Å². The van der Waals surface area contributed by atoms with Gasteiger partial charge in [-0.1, -0.05) is 98.8 Å². The van der Waals surface area contributed by atoms with Crippen LogP contribution in [-0.4, -0.2) is 18.3 Å². The van der Waals surface area contributed by atoms with E-state index >= 15 is 0 Å². The predicted octanol–water partition coefficient (Wildman–Crippen LogP) is 7.63. The Morgan fingerprint density at radius 2 is 1.00 bits per heavy atom. The van der Waals surface area contributed by atoms with Gasteiger partial charge in [-0.2, -0.15) is 0 Å². The molecule has 0 saturated carbocycles. The average molecular weight is 472 g/mol. The van der Waals surface area contributed by atoms with Crippen molar-refractivity contribution in [2.45, 2.75) is 58.2 Å². The van der Waals surface area contributed by atoms with Gasteiger partial charge in [-0.25, -0.2) is 0 Å². The Morgan fingerprint density at radius 1 is 0.500 bits per heavy atom. The van der Waals surface area contributed by atoms with Crippen LogP contribution in [0.15, 0.2) is 91.0 Å². The first-order valence-corrected chi connectivity index (χ1v) is 12.9. The molecule has 0 aromatic heterocycles. The lowest BCUT2D eigenvalue weighted by atomic mass is 9.78. The average Bonchev–Trinajstić information content (AvgIpc) is 3.24. The minimum absolute atomic E-state index is 0.0125. The van der Waals surface area contributed by atoms with E-state index in [1.165, 1.54) is 44.5 Å². The minimum Gasteiger partial charge on any atom is -0.399 e. The second-order valence-corrected chi connectivity index (χ2v) is 11.7. The fourth-order valence-electron chi connectivity index (χ4n) is 5.66. The maximum atomic E-state index is 6.26.